The Labute approximate surface area is 115 Å². The fourth-order valence-corrected chi connectivity index (χ4v) is 2.55. The van der Waals surface area contributed by atoms with Crippen LogP contribution < -0.4 is 4.90 Å². The zero-order chi connectivity index (χ0) is 14.1. The van der Waals surface area contributed by atoms with Crippen molar-refractivity contribution in [2.75, 3.05) is 11.4 Å². The summed E-state index contributed by atoms with van der Waals surface area (Å²) in [6.45, 7) is 0.784. The van der Waals surface area contributed by atoms with Crippen molar-refractivity contribution in [1.29, 1.82) is 5.26 Å². The van der Waals surface area contributed by atoms with Crippen molar-refractivity contribution in [3.63, 3.8) is 0 Å². The summed E-state index contributed by atoms with van der Waals surface area (Å²) in [4.78, 5) is 12.3. The number of non-ortho nitro benzene ring substituents is 1. The lowest BCUT2D eigenvalue weighted by Gasteiger charge is -2.20. The van der Waals surface area contributed by atoms with Gasteiger partial charge >= 0.3 is 0 Å². The largest absolute Gasteiger partial charge is 0.340 e. The molecule has 0 radical (unpaired) electrons. The quantitative estimate of drug-likeness (QED) is 0.617. The molecule has 0 spiro atoms. The summed E-state index contributed by atoms with van der Waals surface area (Å²) in [7, 11) is 0. The van der Waals surface area contributed by atoms with E-state index in [1.54, 1.807) is 6.07 Å². The molecule has 2 aromatic carbocycles. The predicted molar refractivity (Wildman–Crippen MR) is 75.0 cm³/mol. The normalized spacial score (nSPS) is 12.8. The highest BCUT2D eigenvalue weighted by molar-refractivity contribution is 5.75. The van der Waals surface area contributed by atoms with E-state index in [1.807, 2.05) is 23.1 Å². The molecule has 0 amide bonds. The average Bonchev–Trinajstić information content (AvgIpc) is 2.90. The van der Waals surface area contributed by atoms with Crippen LogP contribution in [-0.4, -0.2) is 11.5 Å². The molecule has 20 heavy (non-hydrogen) atoms. The number of anilines is 2. The summed E-state index contributed by atoms with van der Waals surface area (Å²) in [6, 6.07) is 14.5. The van der Waals surface area contributed by atoms with Gasteiger partial charge in [0, 0.05) is 24.4 Å². The third kappa shape index (κ3) is 1.88. The van der Waals surface area contributed by atoms with E-state index in [1.165, 1.54) is 17.7 Å². The number of nitro benzene ring substituents is 1. The van der Waals surface area contributed by atoms with E-state index in [2.05, 4.69) is 12.1 Å². The maximum Gasteiger partial charge on any atom is 0.270 e. The van der Waals surface area contributed by atoms with Crippen LogP contribution in [-0.2, 0) is 6.42 Å². The van der Waals surface area contributed by atoms with Gasteiger partial charge in [0.15, 0.2) is 0 Å². The molecule has 2 aromatic rings. The third-order valence-electron chi connectivity index (χ3n) is 3.49. The zero-order valence-corrected chi connectivity index (χ0v) is 10.6. The lowest BCUT2D eigenvalue weighted by atomic mass is 10.1. The summed E-state index contributed by atoms with van der Waals surface area (Å²) in [5.41, 5.74) is 3.30. The first-order valence-corrected chi connectivity index (χ1v) is 6.24. The fraction of sp³-hybridized carbons (Fsp3) is 0.133. The second-order valence-corrected chi connectivity index (χ2v) is 4.60. The van der Waals surface area contributed by atoms with Crippen LogP contribution >= 0.6 is 0 Å². The predicted octanol–water partition coefficient (Wildman–Crippen LogP) is 3.16. The monoisotopic (exact) mass is 265 g/mol. The molecule has 0 N–H and O–H groups in total. The van der Waals surface area contributed by atoms with E-state index in [4.69, 9.17) is 0 Å². The Morgan fingerprint density at radius 3 is 2.75 bits per heavy atom. The molecule has 0 bridgehead atoms. The van der Waals surface area contributed by atoms with Gasteiger partial charge in [0.2, 0.25) is 0 Å². The minimum atomic E-state index is -0.484. The summed E-state index contributed by atoms with van der Waals surface area (Å²) < 4.78 is 0. The summed E-state index contributed by atoms with van der Waals surface area (Å²) in [5.74, 6) is 0. The molecule has 98 valence electrons. The van der Waals surface area contributed by atoms with Crippen LogP contribution in [0.4, 0.5) is 17.1 Å². The Bertz CT molecular complexity index is 734. The highest BCUT2D eigenvalue weighted by Crippen LogP contribution is 2.36. The van der Waals surface area contributed by atoms with Crippen molar-refractivity contribution in [3.8, 4) is 6.07 Å². The van der Waals surface area contributed by atoms with E-state index in [9.17, 15) is 15.4 Å². The lowest BCUT2D eigenvalue weighted by molar-refractivity contribution is -0.384. The highest BCUT2D eigenvalue weighted by Gasteiger charge is 2.23. The van der Waals surface area contributed by atoms with Crippen LogP contribution in [0.2, 0.25) is 0 Å². The van der Waals surface area contributed by atoms with Crippen molar-refractivity contribution >= 4 is 17.1 Å². The molecule has 0 fully saturated rings. The number of fused-ring (bicyclic) bond motifs is 1. The Balaban J connectivity index is 2.08. The molecule has 1 aliphatic rings. The average molecular weight is 265 g/mol. The topological polar surface area (TPSA) is 70.2 Å². The Morgan fingerprint density at radius 1 is 1.20 bits per heavy atom. The molecule has 1 aliphatic heterocycles. The number of rotatable bonds is 2. The second-order valence-electron chi connectivity index (χ2n) is 4.60. The maximum absolute atomic E-state index is 10.8. The Kier molecular flexibility index (Phi) is 2.84. The van der Waals surface area contributed by atoms with Crippen LogP contribution in [0.25, 0.3) is 0 Å². The molecule has 1 heterocycles. The third-order valence-corrected chi connectivity index (χ3v) is 3.49. The first-order chi connectivity index (χ1) is 9.70. The minimum Gasteiger partial charge on any atom is -0.340 e. The smallest absolute Gasteiger partial charge is 0.270 e. The number of nitriles is 1. The second kappa shape index (κ2) is 4.67. The van der Waals surface area contributed by atoms with E-state index in [0.717, 1.165) is 24.3 Å². The van der Waals surface area contributed by atoms with Gasteiger partial charge < -0.3 is 4.90 Å². The van der Waals surface area contributed by atoms with Crippen LogP contribution in [0.15, 0.2) is 42.5 Å². The van der Waals surface area contributed by atoms with Gasteiger partial charge in [0.25, 0.3) is 5.69 Å². The van der Waals surface area contributed by atoms with Gasteiger partial charge in [-0.1, -0.05) is 18.2 Å². The molecule has 3 rings (SSSR count). The first kappa shape index (κ1) is 12.2. The van der Waals surface area contributed by atoms with Crippen LogP contribution in [0.3, 0.4) is 0 Å². The first-order valence-electron chi connectivity index (χ1n) is 6.24. The van der Waals surface area contributed by atoms with E-state index in [-0.39, 0.29) is 5.69 Å². The fourth-order valence-electron chi connectivity index (χ4n) is 2.55. The number of para-hydroxylation sites is 1. The number of benzene rings is 2. The molecule has 0 aromatic heterocycles. The van der Waals surface area contributed by atoms with Gasteiger partial charge in [-0.25, -0.2) is 0 Å². The maximum atomic E-state index is 10.8. The van der Waals surface area contributed by atoms with Gasteiger partial charge in [0.1, 0.15) is 6.07 Å². The van der Waals surface area contributed by atoms with Gasteiger partial charge in [-0.15, -0.1) is 0 Å². The van der Waals surface area contributed by atoms with Crippen molar-refractivity contribution in [2.45, 2.75) is 6.42 Å². The van der Waals surface area contributed by atoms with Crippen LogP contribution in [0, 0.1) is 21.4 Å². The SMILES string of the molecule is N#Cc1cc([N+](=O)[O-])ccc1N1CCc2ccccc21. The highest BCUT2D eigenvalue weighted by atomic mass is 16.6. The molecule has 0 atom stereocenters. The van der Waals surface area contributed by atoms with Crippen molar-refractivity contribution in [2.24, 2.45) is 0 Å². The van der Waals surface area contributed by atoms with E-state index < -0.39 is 4.92 Å². The van der Waals surface area contributed by atoms with E-state index >= 15 is 0 Å². The molecule has 0 unspecified atom stereocenters. The van der Waals surface area contributed by atoms with Gasteiger partial charge in [0.05, 0.1) is 16.2 Å². The standard InChI is InChI=1S/C15H11N3O2/c16-10-12-9-13(18(19)20)5-6-15(12)17-8-7-11-3-1-2-4-14(11)17/h1-6,9H,7-8H2. The molecular formula is C15H11N3O2. The van der Waals surface area contributed by atoms with Crippen LogP contribution in [0.5, 0.6) is 0 Å². The zero-order valence-electron chi connectivity index (χ0n) is 10.6. The summed E-state index contributed by atoms with van der Waals surface area (Å²) >= 11 is 0. The van der Waals surface area contributed by atoms with Crippen molar-refractivity contribution in [3.05, 3.63) is 63.7 Å². The lowest BCUT2D eigenvalue weighted by Crippen LogP contribution is -2.14. The van der Waals surface area contributed by atoms with Gasteiger partial charge in [-0.3, -0.25) is 10.1 Å². The van der Waals surface area contributed by atoms with Gasteiger partial charge in [-0.05, 0) is 24.1 Å². The minimum absolute atomic E-state index is 0.0576. The van der Waals surface area contributed by atoms with E-state index in [0.29, 0.717) is 5.56 Å². The number of hydrogen-bond acceptors (Lipinski definition) is 4. The Hall–Kier alpha value is -2.87. The molecule has 5 heteroatoms. The summed E-state index contributed by atoms with van der Waals surface area (Å²) in [5, 5.41) is 20.0. The number of nitrogens with zero attached hydrogens (tertiary/aromatic N) is 3. The molecule has 5 nitrogen and oxygen atoms in total. The molecule has 0 saturated heterocycles. The van der Waals surface area contributed by atoms with Crippen molar-refractivity contribution < 1.29 is 4.92 Å². The van der Waals surface area contributed by atoms with Crippen molar-refractivity contribution in [1.82, 2.24) is 0 Å². The Morgan fingerprint density at radius 2 is 2.00 bits per heavy atom. The molecule has 0 saturated carbocycles. The number of nitro groups is 1. The molecular weight excluding hydrogens is 254 g/mol. The summed E-state index contributed by atoms with van der Waals surface area (Å²) in [6.07, 6.45) is 0.915. The molecule has 0 aliphatic carbocycles. The number of hydrogen-bond donors (Lipinski definition) is 0. The van der Waals surface area contributed by atoms with Crippen LogP contribution in [0.1, 0.15) is 11.1 Å². The van der Waals surface area contributed by atoms with Gasteiger partial charge in [-0.2, -0.15) is 5.26 Å².